The number of hydrogen-bond acceptors (Lipinski definition) is 3. The molecule has 1 unspecified atom stereocenters. The second kappa shape index (κ2) is 9.64. The molecule has 4 nitrogen and oxygen atoms in total. The molecule has 0 saturated carbocycles. The molecule has 0 heterocycles. The van der Waals surface area contributed by atoms with Crippen LogP contribution in [-0.4, -0.2) is 34.8 Å². The summed E-state index contributed by atoms with van der Waals surface area (Å²) in [6, 6.07) is 15.1. The van der Waals surface area contributed by atoms with Crippen molar-refractivity contribution in [1.29, 1.82) is 0 Å². The third-order valence-electron chi connectivity index (χ3n) is 3.89. The van der Waals surface area contributed by atoms with E-state index in [1.807, 2.05) is 62.4 Å². The lowest BCUT2D eigenvalue weighted by atomic mass is 10.2. The Labute approximate surface area is 163 Å². The highest BCUT2D eigenvalue weighted by Gasteiger charge is 2.20. The zero-order chi connectivity index (χ0) is 19.1. The Balaban J connectivity index is 1.81. The molecule has 6 heteroatoms. The molecule has 2 amide bonds. The molecule has 1 N–H and O–H groups in total. The monoisotopic (exact) mass is 390 g/mol. The van der Waals surface area contributed by atoms with Gasteiger partial charge in [-0.25, -0.2) is 0 Å². The smallest absolute Gasteiger partial charge is 0.235 e. The molecular formula is C20H23ClN2O2S. The number of thioether (sulfide) groups is 1. The highest BCUT2D eigenvalue weighted by molar-refractivity contribution is 8.01. The molecule has 0 aliphatic rings. The Morgan fingerprint density at radius 2 is 1.81 bits per heavy atom. The van der Waals surface area contributed by atoms with Crippen LogP contribution in [-0.2, 0) is 16.1 Å². The van der Waals surface area contributed by atoms with Gasteiger partial charge in [-0.2, -0.15) is 0 Å². The minimum atomic E-state index is -0.314. The van der Waals surface area contributed by atoms with E-state index >= 15 is 0 Å². The Morgan fingerprint density at radius 1 is 1.15 bits per heavy atom. The van der Waals surface area contributed by atoms with Crippen molar-refractivity contribution >= 4 is 40.9 Å². The van der Waals surface area contributed by atoms with Gasteiger partial charge in [0.15, 0.2) is 0 Å². The first-order chi connectivity index (χ1) is 12.4. The summed E-state index contributed by atoms with van der Waals surface area (Å²) >= 11 is 7.47. The first-order valence-electron chi connectivity index (χ1n) is 8.33. The van der Waals surface area contributed by atoms with Gasteiger partial charge in [-0.3, -0.25) is 9.59 Å². The van der Waals surface area contributed by atoms with Crippen molar-refractivity contribution < 1.29 is 9.59 Å². The molecular weight excluding hydrogens is 368 g/mol. The van der Waals surface area contributed by atoms with Crippen LogP contribution in [0.2, 0.25) is 5.02 Å². The average Bonchev–Trinajstić information content (AvgIpc) is 2.63. The second-order valence-corrected chi connectivity index (χ2v) is 7.89. The maximum absolute atomic E-state index is 12.5. The highest BCUT2D eigenvalue weighted by Crippen LogP contribution is 2.19. The fraction of sp³-hybridized carbons (Fsp3) is 0.300. The summed E-state index contributed by atoms with van der Waals surface area (Å²) in [5.41, 5.74) is 2.80. The summed E-state index contributed by atoms with van der Waals surface area (Å²) in [4.78, 5) is 26.2. The van der Waals surface area contributed by atoms with Gasteiger partial charge in [0.1, 0.15) is 0 Å². The van der Waals surface area contributed by atoms with Crippen LogP contribution in [0.5, 0.6) is 0 Å². The molecule has 0 spiro atoms. The Morgan fingerprint density at radius 3 is 2.46 bits per heavy atom. The molecule has 0 aliphatic carbocycles. The van der Waals surface area contributed by atoms with Crippen LogP contribution in [0, 0.1) is 6.92 Å². The zero-order valence-electron chi connectivity index (χ0n) is 15.2. The summed E-state index contributed by atoms with van der Waals surface area (Å²) in [6.45, 7) is 4.25. The predicted molar refractivity (Wildman–Crippen MR) is 110 cm³/mol. The van der Waals surface area contributed by atoms with Gasteiger partial charge < -0.3 is 10.2 Å². The number of nitrogens with one attached hydrogen (secondary N) is 1. The van der Waals surface area contributed by atoms with Gasteiger partial charge in [-0.05, 0) is 37.6 Å². The van der Waals surface area contributed by atoms with Crippen molar-refractivity contribution in [2.24, 2.45) is 0 Å². The van der Waals surface area contributed by atoms with Crippen LogP contribution in [0.1, 0.15) is 18.1 Å². The molecule has 0 aliphatic heterocycles. The van der Waals surface area contributed by atoms with Crippen LogP contribution < -0.4 is 5.32 Å². The van der Waals surface area contributed by atoms with E-state index in [2.05, 4.69) is 5.32 Å². The van der Waals surface area contributed by atoms with E-state index in [0.29, 0.717) is 11.6 Å². The average molecular weight is 391 g/mol. The largest absolute Gasteiger partial charge is 0.340 e. The van der Waals surface area contributed by atoms with Gasteiger partial charge in [0.05, 0.1) is 11.0 Å². The van der Waals surface area contributed by atoms with E-state index in [0.717, 1.165) is 16.8 Å². The summed E-state index contributed by atoms with van der Waals surface area (Å²) < 4.78 is 0. The number of benzene rings is 2. The van der Waals surface area contributed by atoms with Crippen molar-refractivity contribution in [2.45, 2.75) is 25.6 Å². The topological polar surface area (TPSA) is 49.4 Å². The number of aryl methyl sites for hydroxylation is 1. The van der Waals surface area contributed by atoms with E-state index in [1.54, 1.807) is 11.9 Å². The Kier molecular flexibility index (Phi) is 7.54. The molecule has 0 bridgehead atoms. The van der Waals surface area contributed by atoms with Crippen molar-refractivity contribution in [3.8, 4) is 0 Å². The number of carbonyl (C=O) groups excluding carboxylic acids is 2. The van der Waals surface area contributed by atoms with Crippen molar-refractivity contribution in [1.82, 2.24) is 4.90 Å². The minimum absolute atomic E-state index is 0.0296. The zero-order valence-corrected chi connectivity index (χ0v) is 16.7. The molecule has 0 aromatic heterocycles. The number of anilines is 1. The summed E-state index contributed by atoms with van der Waals surface area (Å²) in [6.07, 6.45) is 0. The van der Waals surface area contributed by atoms with Gasteiger partial charge in [0.25, 0.3) is 0 Å². The van der Waals surface area contributed by atoms with E-state index in [9.17, 15) is 9.59 Å². The number of carbonyl (C=O) groups is 2. The van der Waals surface area contributed by atoms with Crippen LogP contribution in [0.3, 0.4) is 0 Å². The first kappa shape index (κ1) is 20.3. The van der Waals surface area contributed by atoms with Gasteiger partial charge in [-0.15, -0.1) is 11.8 Å². The molecule has 2 aromatic carbocycles. The van der Waals surface area contributed by atoms with Crippen LogP contribution in [0.25, 0.3) is 0 Å². The van der Waals surface area contributed by atoms with Gasteiger partial charge in [0, 0.05) is 24.3 Å². The minimum Gasteiger partial charge on any atom is -0.340 e. The fourth-order valence-corrected chi connectivity index (χ4v) is 3.37. The van der Waals surface area contributed by atoms with Crippen molar-refractivity contribution in [3.05, 3.63) is 64.7 Å². The summed E-state index contributed by atoms with van der Waals surface area (Å²) in [7, 11) is 1.75. The van der Waals surface area contributed by atoms with Gasteiger partial charge in [0.2, 0.25) is 11.8 Å². The second-order valence-electron chi connectivity index (χ2n) is 6.15. The number of nitrogens with zero attached hydrogens (tertiary/aromatic N) is 1. The third-order valence-corrected chi connectivity index (χ3v) is 5.39. The SMILES string of the molecule is Cc1ccc(NC(=O)CSC(C)C(=O)N(C)Cc2ccccc2Cl)cc1. The predicted octanol–water partition coefficient (Wildman–Crippen LogP) is 4.37. The number of halogens is 1. The van der Waals surface area contributed by atoms with Gasteiger partial charge >= 0.3 is 0 Å². The lowest BCUT2D eigenvalue weighted by molar-refractivity contribution is -0.129. The lowest BCUT2D eigenvalue weighted by Crippen LogP contribution is -2.33. The van der Waals surface area contributed by atoms with Crippen LogP contribution >= 0.6 is 23.4 Å². The number of hydrogen-bond donors (Lipinski definition) is 1. The molecule has 138 valence electrons. The Hall–Kier alpha value is -1.98. The lowest BCUT2D eigenvalue weighted by Gasteiger charge is -2.21. The first-order valence-corrected chi connectivity index (χ1v) is 9.76. The molecule has 2 aromatic rings. The molecule has 1 atom stereocenters. The molecule has 0 saturated heterocycles. The quantitative estimate of drug-likeness (QED) is 0.763. The van der Waals surface area contributed by atoms with Crippen LogP contribution in [0.4, 0.5) is 5.69 Å². The molecule has 2 rings (SSSR count). The van der Waals surface area contributed by atoms with E-state index < -0.39 is 0 Å². The maximum atomic E-state index is 12.5. The van der Waals surface area contributed by atoms with E-state index in [1.165, 1.54) is 11.8 Å². The maximum Gasteiger partial charge on any atom is 0.235 e. The number of rotatable bonds is 7. The third kappa shape index (κ3) is 6.07. The number of amides is 2. The molecule has 0 fully saturated rings. The standard InChI is InChI=1S/C20H23ClN2O2S/c1-14-8-10-17(11-9-14)22-19(24)13-26-15(2)20(25)23(3)12-16-6-4-5-7-18(16)21/h4-11,15H,12-13H2,1-3H3,(H,22,24). The van der Waals surface area contributed by atoms with Crippen LogP contribution in [0.15, 0.2) is 48.5 Å². The molecule has 0 radical (unpaired) electrons. The Bertz CT molecular complexity index is 765. The summed E-state index contributed by atoms with van der Waals surface area (Å²) in [5.74, 6) is 0.0751. The van der Waals surface area contributed by atoms with Gasteiger partial charge in [-0.1, -0.05) is 47.5 Å². The highest BCUT2D eigenvalue weighted by atomic mass is 35.5. The van der Waals surface area contributed by atoms with E-state index in [4.69, 9.17) is 11.6 Å². The summed E-state index contributed by atoms with van der Waals surface area (Å²) in [5, 5.41) is 3.17. The normalized spacial score (nSPS) is 11.7. The van der Waals surface area contributed by atoms with Crippen molar-refractivity contribution in [3.63, 3.8) is 0 Å². The van der Waals surface area contributed by atoms with Crippen molar-refractivity contribution in [2.75, 3.05) is 18.1 Å². The van der Waals surface area contributed by atoms with E-state index in [-0.39, 0.29) is 22.8 Å². The molecule has 26 heavy (non-hydrogen) atoms. The fourth-order valence-electron chi connectivity index (χ4n) is 2.38.